The Bertz CT molecular complexity index is 688. The van der Waals surface area contributed by atoms with E-state index in [1.54, 1.807) is 0 Å². The Morgan fingerprint density at radius 2 is 2.05 bits per heavy atom. The standard InChI is InChI=1S/C18H18N2O/c1-20-9-8-14-10-18(7-6-16(14)12-20)21-13-17-5-3-2-4-15(17)11-19/h2-7,10H,8-9,12-13H2,1H3. The van der Waals surface area contributed by atoms with Gasteiger partial charge in [-0.05, 0) is 42.8 Å². The molecule has 3 heteroatoms. The molecular weight excluding hydrogens is 260 g/mol. The molecule has 0 fully saturated rings. The van der Waals surface area contributed by atoms with Crippen molar-refractivity contribution in [2.75, 3.05) is 13.6 Å². The van der Waals surface area contributed by atoms with Gasteiger partial charge in [0.25, 0.3) is 0 Å². The van der Waals surface area contributed by atoms with Gasteiger partial charge in [-0.2, -0.15) is 5.26 Å². The lowest BCUT2D eigenvalue weighted by molar-refractivity contribution is 0.298. The summed E-state index contributed by atoms with van der Waals surface area (Å²) in [4.78, 5) is 2.33. The van der Waals surface area contributed by atoms with Gasteiger partial charge in [0.1, 0.15) is 12.4 Å². The number of rotatable bonds is 3. The molecule has 106 valence electrons. The van der Waals surface area contributed by atoms with Crippen LogP contribution in [0.5, 0.6) is 5.75 Å². The van der Waals surface area contributed by atoms with Crippen molar-refractivity contribution >= 4 is 0 Å². The summed E-state index contributed by atoms with van der Waals surface area (Å²) in [5.74, 6) is 0.881. The zero-order valence-corrected chi connectivity index (χ0v) is 12.2. The van der Waals surface area contributed by atoms with Gasteiger partial charge in [0.15, 0.2) is 0 Å². The lowest BCUT2D eigenvalue weighted by atomic mass is 10.00. The van der Waals surface area contributed by atoms with Crippen LogP contribution >= 0.6 is 0 Å². The molecule has 0 unspecified atom stereocenters. The second-order valence-electron chi connectivity index (χ2n) is 5.48. The Balaban J connectivity index is 1.73. The predicted octanol–water partition coefficient (Wildman–Crippen LogP) is 3.13. The van der Waals surface area contributed by atoms with Gasteiger partial charge in [-0.25, -0.2) is 0 Å². The van der Waals surface area contributed by atoms with E-state index in [-0.39, 0.29) is 0 Å². The van der Waals surface area contributed by atoms with Crippen LogP contribution in [0.1, 0.15) is 22.3 Å². The Kier molecular flexibility index (Phi) is 3.89. The summed E-state index contributed by atoms with van der Waals surface area (Å²) in [7, 11) is 2.15. The highest BCUT2D eigenvalue weighted by Gasteiger charge is 2.13. The molecule has 0 aliphatic carbocycles. The van der Waals surface area contributed by atoms with Crippen molar-refractivity contribution in [2.45, 2.75) is 19.6 Å². The van der Waals surface area contributed by atoms with Gasteiger partial charge in [0.2, 0.25) is 0 Å². The number of fused-ring (bicyclic) bond motifs is 1. The first-order valence-corrected chi connectivity index (χ1v) is 7.17. The molecule has 0 radical (unpaired) electrons. The molecule has 21 heavy (non-hydrogen) atoms. The van der Waals surface area contributed by atoms with Crippen molar-refractivity contribution in [1.82, 2.24) is 4.90 Å². The molecule has 0 saturated heterocycles. The molecule has 1 heterocycles. The predicted molar refractivity (Wildman–Crippen MR) is 82.0 cm³/mol. The fourth-order valence-electron chi connectivity index (χ4n) is 2.68. The van der Waals surface area contributed by atoms with Gasteiger partial charge < -0.3 is 9.64 Å². The molecule has 1 aliphatic heterocycles. The quantitative estimate of drug-likeness (QED) is 0.865. The van der Waals surface area contributed by atoms with E-state index in [0.29, 0.717) is 12.2 Å². The molecule has 1 aliphatic rings. The molecule has 2 aromatic carbocycles. The monoisotopic (exact) mass is 278 g/mol. The topological polar surface area (TPSA) is 36.3 Å². The average molecular weight is 278 g/mol. The van der Waals surface area contributed by atoms with Crippen LogP contribution in [0.25, 0.3) is 0 Å². The van der Waals surface area contributed by atoms with Gasteiger partial charge in [-0.15, -0.1) is 0 Å². The Morgan fingerprint density at radius 1 is 1.19 bits per heavy atom. The van der Waals surface area contributed by atoms with E-state index in [0.717, 1.165) is 30.8 Å². The lowest BCUT2D eigenvalue weighted by Crippen LogP contribution is -2.26. The van der Waals surface area contributed by atoms with Crippen LogP contribution < -0.4 is 4.74 Å². The first kappa shape index (κ1) is 13.7. The molecule has 0 aromatic heterocycles. The molecular formula is C18H18N2O. The van der Waals surface area contributed by atoms with Gasteiger partial charge >= 0.3 is 0 Å². The van der Waals surface area contributed by atoms with Crippen LogP contribution in [0.3, 0.4) is 0 Å². The van der Waals surface area contributed by atoms with Crippen molar-refractivity contribution in [2.24, 2.45) is 0 Å². The lowest BCUT2D eigenvalue weighted by Gasteiger charge is -2.25. The van der Waals surface area contributed by atoms with Crippen molar-refractivity contribution in [3.8, 4) is 11.8 Å². The maximum atomic E-state index is 9.09. The minimum absolute atomic E-state index is 0.433. The normalized spacial score (nSPS) is 14.3. The van der Waals surface area contributed by atoms with Crippen LogP contribution in [-0.4, -0.2) is 18.5 Å². The van der Waals surface area contributed by atoms with Crippen LogP contribution in [0, 0.1) is 11.3 Å². The fourth-order valence-corrected chi connectivity index (χ4v) is 2.68. The highest BCUT2D eigenvalue weighted by molar-refractivity contribution is 5.39. The van der Waals surface area contributed by atoms with E-state index < -0.39 is 0 Å². The Hall–Kier alpha value is -2.31. The molecule has 3 nitrogen and oxygen atoms in total. The van der Waals surface area contributed by atoms with Crippen LogP contribution in [0.4, 0.5) is 0 Å². The summed E-state index contributed by atoms with van der Waals surface area (Å²) in [5.41, 5.74) is 4.36. The number of hydrogen-bond donors (Lipinski definition) is 0. The van der Waals surface area contributed by atoms with Crippen LogP contribution in [0.15, 0.2) is 42.5 Å². The number of ether oxygens (including phenoxy) is 1. The van der Waals surface area contributed by atoms with Crippen LogP contribution in [0.2, 0.25) is 0 Å². The minimum atomic E-state index is 0.433. The van der Waals surface area contributed by atoms with E-state index in [1.807, 2.05) is 30.3 Å². The summed E-state index contributed by atoms with van der Waals surface area (Å²) in [6.07, 6.45) is 1.07. The number of nitriles is 1. The first-order chi connectivity index (χ1) is 10.3. The highest BCUT2D eigenvalue weighted by Crippen LogP contribution is 2.24. The molecule has 3 rings (SSSR count). The van der Waals surface area contributed by atoms with E-state index >= 15 is 0 Å². The van der Waals surface area contributed by atoms with E-state index in [9.17, 15) is 0 Å². The third-order valence-corrected chi connectivity index (χ3v) is 3.91. The average Bonchev–Trinajstić information content (AvgIpc) is 2.53. The zero-order chi connectivity index (χ0) is 14.7. The summed E-state index contributed by atoms with van der Waals surface area (Å²) in [6.45, 7) is 2.53. The molecule has 0 bridgehead atoms. The SMILES string of the molecule is CN1CCc2cc(OCc3ccccc3C#N)ccc2C1. The van der Waals surface area contributed by atoms with Gasteiger partial charge in [0, 0.05) is 18.7 Å². The first-order valence-electron chi connectivity index (χ1n) is 7.17. The van der Waals surface area contributed by atoms with Gasteiger partial charge in [-0.1, -0.05) is 24.3 Å². The highest BCUT2D eigenvalue weighted by atomic mass is 16.5. The Morgan fingerprint density at radius 3 is 2.90 bits per heavy atom. The van der Waals surface area contributed by atoms with Crippen molar-refractivity contribution in [1.29, 1.82) is 5.26 Å². The van der Waals surface area contributed by atoms with Crippen molar-refractivity contribution < 1.29 is 4.74 Å². The fraction of sp³-hybridized carbons (Fsp3) is 0.278. The summed E-state index contributed by atoms with van der Waals surface area (Å²) in [6, 6.07) is 16.1. The zero-order valence-electron chi connectivity index (χ0n) is 12.2. The summed E-state index contributed by atoms with van der Waals surface area (Å²) < 4.78 is 5.86. The molecule has 0 amide bonds. The second kappa shape index (κ2) is 5.99. The molecule has 2 aromatic rings. The minimum Gasteiger partial charge on any atom is -0.489 e. The second-order valence-corrected chi connectivity index (χ2v) is 5.48. The van der Waals surface area contributed by atoms with E-state index in [2.05, 4.69) is 30.1 Å². The third kappa shape index (κ3) is 3.07. The summed E-state index contributed by atoms with van der Waals surface area (Å²) >= 11 is 0. The molecule has 0 N–H and O–H groups in total. The van der Waals surface area contributed by atoms with Crippen molar-refractivity contribution in [3.63, 3.8) is 0 Å². The maximum Gasteiger partial charge on any atom is 0.120 e. The van der Waals surface area contributed by atoms with Crippen molar-refractivity contribution in [3.05, 3.63) is 64.7 Å². The molecule has 0 saturated carbocycles. The third-order valence-electron chi connectivity index (χ3n) is 3.91. The molecule has 0 atom stereocenters. The number of nitrogens with zero attached hydrogens (tertiary/aromatic N) is 2. The van der Waals surface area contributed by atoms with Crippen LogP contribution in [-0.2, 0) is 19.6 Å². The maximum absolute atomic E-state index is 9.09. The summed E-state index contributed by atoms with van der Waals surface area (Å²) in [5, 5.41) is 9.09. The van der Waals surface area contributed by atoms with E-state index in [1.165, 1.54) is 11.1 Å². The van der Waals surface area contributed by atoms with Gasteiger partial charge in [-0.3, -0.25) is 0 Å². The van der Waals surface area contributed by atoms with E-state index in [4.69, 9.17) is 10.00 Å². The number of hydrogen-bond acceptors (Lipinski definition) is 3. The number of likely N-dealkylation sites (N-methyl/N-ethyl adjacent to an activating group) is 1. The molecule has 0 spiro atoms. The Labute approximate surface area is 125 Å². The van der Waals surface area contributed by atoms with Gasteiger partial charge in [0.05, 0.1) is 11.6 Å². The smallest absolute Gasteiger partial charge is 0.120 e. The number of benzene rings is 2. The largest absolute Gasteiger partial charge is 0.489 e.